The smallest absolute Gasteiger partial charge is 0.550 e. The van der Waals surface area contributed by atoms with Gasteiger partial charge in [-0.25, -0.2) is 0 Å². The van der Waals surface area contributed by atoms with Gasteiger partial charge in [-0.05, 0) is 31.6 Å². The Kier molecular flexibility index (Phi) is 7.09. The number of hydrogen-bond acceptors (Lipinski definition) is 3. The Morgan fingerprint density at radius 3 is 2.67 bits per heavy atom. The maximum atomic E-state index is 10.2. The average molecular weight is 196 g/mol. The van der Waals surface area contributed by atoms with Crippen molar-refractivity contribution in [2.24, 2.45) is 5.92 Å². The van der Waals surface area contributed by atoms with Crippen LogP contribution in [0.3, 0.4) is 0 Å². The van der Waals surface area contributed by atoms with Crippen LogP contribution in [-0.2, 0) is 9.53 Å². The zero-order chi connectivity index (χ0) is 8.27. The number of methoxy groups -OCH3 is 1. The molecule has 4 heteroatoms. The third-order valence-corrected chi connectivity index (χ3v) is 2.28. The second-order valence-corrected chi connectivity index (χ2v) is 3.11. The molecule has 1 fully saturated rings. The van der Waals surface area contributed by atoms with Crippen LogP contribution in [0.2, 0.25) is 0 Å². The summed E-state index contributed by atoms with van der Waals surface area (Å²) in [5.74, 6) is -0.656. The Morgan fingerprint density at radius 2 is 2.25 bits per heavy atom. The predicted octanol–water partition coefficient (Wildman–Crippen LogP) is -3.05. The Balaban J connectivity index is 0.00000121. The van der Waals surface area contributed by atoms with E-state index in [2.05, 4.69) is 0 Å². The molecule has 0 unspecified atom stereocenters. The van der Waals surface area contributed by atoms with Crippen LogP contribution in [-0.4, -0.2) is 19.2 Å². The molecule has 3 nitrogen and oxygen atoms in total. The van der Waals surface area contributed by atoms with Crippen molar-refractivity contribution in [3.8, 4) is 0 Å². The monoisotopic (exact) mass is 196 g/mol. The van der Waals surface area contributed by atoms with Gasteiger partial charge in [-0.2, -0.15) is 0 Å². The molecule has 0 radical (unpaired) electrons. The molecule has 0 aromatic carbocycles. The molecule has 1 rings (SSSR count). The first kappa shape index (κ1) is 13.1. The van der Waals surface area contributed by atoms with Crippen molar-refractivity contribution in [2.75, 3.05) is 7.11 Å². The van der Waals surface area contributed by atoms with Crippen molar-refractivity contribution in [1.82, 2.24) is 0 Å². The molecule has 0 aromatic rings. The zero-order valence-corrected chi connectivity index (χ0v) is 10.8. The first-order valence-corrected chi connectivity index (χ1v) is 3.95. The minimum Gasteiger partial charge on any atom is -0.550 e. The van der Waals surface area contributed by atoms with Crippen molar-refractivity contribution < 1.29 is 66.0 Å². The zero-order valence-electron chi connectivity index (χ0n) is 7.71. The fourth-order valence-corrected chi connectivity index (χ4v) is 1.66. The number of carbonyl (C=O) groups is 1. The summed E-state index contributed by atoms with van der Waals surface area (Å²) in [6, 6.07) is 0. The summed E-state index contributed by atoms with van der Waals surface area (Å²) in [6.45, 7) is 0. The maximum Gasteiger partial charge on any atom is 1.00 e. The molecule has 0 saturated heterocycles. The quantitative estimate of drug-likeness (QED) is 0.451. The molecule has 1 saturated carbocycles. The van der Waals surface area contributed by atoms with Gasteiger partial charge in [-0.1, -0.05) is 0 Å². The molecule has 0 spiro atoms. The molecule has 0 aliphatic heterocycles. The summed E-state index contributed by atoms with van der Waals surface area (Å²) in [7, 11) is 1.67. The van der Waals surface area contributed by atoms with Gasteiger partial charge in [-0.15, -0.1) is 0 Å². The van der Waals surface area contributed by atoms with E-state index in [-0.39, 0.29) is 69.8 Å². The van der Waals surface area contributed by atoms with Crippen LogP contribution in [0.25, 0.3) is 0 Å². The normalized spacial score (nSPS) is 28.1. The summed E-state index contributed by atoms with van der Waals surface area (Å²) in [5, 5.41) is 10.2. The van der Waals surface area contributed by atoms with E-state index in [4.69, 9.17) is 4.74 Å². The van der Waals surface area contributed by atoms with E-state index >= 15 is 0 Å². The Morgan fingerprint density at radius 1 is 1.58 bits per heavy atom. The van der Waals surface area contributed by atoms with Crippen molar-refractivity contribution in [1.29, 1.82) is 0 Å². The number of ether oxygens (including phenoxy) is 1. The third-order valence-electron chi connectivity index (χ3n) is 2.28. The van der Waals surface area contributed by atoms with Crippen molar-refractivity contribution in [2.45, 2.75) is 31.8 Å². The molecule has 1 aliphatic carbocycles. The van der Waals surface area contributed by atoms with E-state index in [0.717, 1.165) is 19.3 Å². The van der Waals surface area contributed by atoms with Gasteiger partial charge in [0.15, 0.2) is 0 Å². The van der Waals surface area contributed by atoms with Crippen LogP contribution in [0.15, 0.2) is 0 Å². The summed E-state index contributed by atoms with van der Waals surface area (Å²) in [4.78, 5) is 10.2. The fraction of sp³-hybridized carbons (Fsp3) is 0.875. The van der Waals surface area contributed by atoms with Gasteiger partial charge in [0.1, 0.15) is 0 Å². The van der Waals surface area contributed by atoms with Gasteiger partial charge in [0.05, 0.1) is 6.10 Å². The van der Waals surface area contributed by atoms with Gasteiger partial charge in [-0.3, -0.25) is 0 Å². The minimum absolute atomic E-state index is 0. The third kappa shape index (κ3) is 4.34. The predicted molar refractivity (Wildman–Crippen MR) is 37.8 cm³/mol. The number of aliphatic carboxylic acids is 1. The van der Waals surface area contributed by atoms with Gasteiger partial charge in [0, 0.05) is 13.1 Å². The van der Waals surface area contributed by atoms with Crippen LogP contribution >= 0.6 is 0 Å². The topological polar surface area (TPSA) is 49.4 Å². The molecule has 12 heavy (non-hydrogen) atoms. The Hall–Kier alpha value is 1.07. The molecule has 0 bridgehead atoms. The van der Waals surface area contributed by atoms with E-state index in [1.165, 1.54) is 0 Å². The molecular formula is C8H13KO3. The summed E-state index contributed by atoms with van der Waals surface area (Å²) in [6.07, 6.45) is 3.31. The van der Waals surface area contributed by atoms with Crippen LogP contribution in [0.5, 0.6) is 0 Å². The van der Waals surface area contributed by atoms with Crippen molar-refractivity contribution in [3.05, 3.63) is 0 Å². The molecule has 0 N–H and O–H groups in total. The van der Waals surface area contributed by atoms with E-state index in [1.807, 2.05) is 0 Å². The number of carbonyl (C=O) groups excluding carboxylic acids is 1. The van der Waals surface area contributed by atoms with Gasteiger partial charge in [0.25, 0.3) is 0 Å². The average Bonchev–Trinajstić information content (AvgIpc) is 2.34. The number of hydrogen-bond donors (Lipinski definition) is 0. The minimum atomic E-state index is -0.938. The van der Waals surface area contributed by atoms with Crippen LogP contribution in [0, 0.1) is 5.92 Å². The largest absolute Gasteiger partial charge is 1.00 e. The molecule has 64 valence electrons. The fourth-order valence-electron chi connectivity index (χ4n) is 1.66. The van der Waals surface area contributed by atoms with Crippen LogP contribution in [0.1, 0.15) is 25.7 Å². The number of carboxylic acids is 1. The molecule has 0 amide bonds. The summed E-state index contributed by atoms with van der Waals surface area (Å²) >= 11 is 0. The second-order valence-electron chi connectivity index (χ2n) is 3.11. The van der Waals surface area contributed by atoms with Crippen molar-refractivity contribution in [3.63, 3.8) is 0 Å². The van der Waals surface area contributed by atoms with Gasteiger partial charge in [0.2, 0.25) is 0 Å². The van der Waals surface area contributed by atoms with E-state index in [1.54, 1.807) is 7.11 Å². The number of carboxylic acid groups (broad SMARTS) is 1. The summed E-state index contributed by atoms with van der Waals surface area (Å²) in [5.41, 5.74) is 0. The van der Waals surface area contributed by atoms with Crippen LogP contribution < -0.4 is 56.5 Å². The van der Waals surface area contributed by atoms with Gasteiger partial charge >= 0.3 is 51.4 Å². The van der Waals surface area contributed by atoms with Crippen molar-refractivity contribution >= 4 is 5.97 Å². The molecule has 0 aromatic heterocycles. The first-order chi connectivity index (χ1) is 5.22. The van der Waals surface area contributed by atoms with E-state index < -0.39 is 5.97 Å². The van der Waals surface area contributed by atoms with E-state index in [0.29, 0.717) is 0 Å². The first-order valence-electron chi connectivity index (χ1n) is 3.95. The molecule has 0 heterocycles. The SMILES string of the molecule is CO[C@@H]1CC[C@@H](CC(=O)[O-])C1.[K+]. The molecular weight excluding hydrogens is 183 g/mol. The van der Waals surface area contributed by atoms with Crippen LogP contribution in [0.4, 0.5) is 0 Å². The van der Waals surface area contributed by atoms with Gasteiger partial charge < -0.3 is 14.6 Å². The maximum absolute atomic E-state index is 10.2. The Labute approximate surface area is 115 Å². The molecule has 1 aliphatic rings. The van der Waals surface area contributed by atoms with E-state index in [9.17, 15) is 9.90 Å². The molecule has 2 atom stereocenters. The summed E-state index contributed by atoms with van der Waals surface area (Å²) < 4.78 is 5.11. The standard InChI is InChI=1S/C8H14O3.K/c1-11-7-3-2-6(4-7)5-8(9)10;/h6-7H,2-5H2,1H3,(H,9,10);/q;+1/p-1/t6-,7-;/m1./s1. The number of rotatable bonds is 3. The Bertz CT molecular complexity index is 149. The second kappa shape index (κ2) is 6.51.